The molecule has 1 aromatic heterocycles. The Hall–Kier alpha value is -1.13. The topological polar surface area (TPSA) is 22.6 Å². The molecule has 0 atom stereocenters. The maximum Gasteiger partial charge on any atom is 0.0391 e. The third kappa shape index (κ3) is 3.68. The summed E-state index contributed by atoms with van der Waals surface area (Å²) in [6, 6.07) is 3.94. The molecule has 94 valence electrons. The Bertz CT molecular complexity index is 294. The standard InChI is InChI=1S/C7H10N2.C6H12N2/c1-9(2)7-3-5-8-6-4-7;1-2-8-5-3-7(1)4-6-8/h3-6H,1-2H3;1-6H2. The minimum absolute atomic E-state index is 1.19. The number of nitrogens with zero attached hydrogens (tertiary/aromatic N) is 4. The van der Waals surface area contributed by atoms with Crippen LogP contribution in [0.4, 0.5) is 5.69 Å². The molecule has 2 bridgehead atoms. The van der Waals surface area contributed by atoms with Crippen molar-refractivity contribution in [1.82, 2.24) is 14.8 Å². The largest absolute Gasteiger partial charge is 0.378 e. The van der Waals surface area contributed by atoms with Gasteiger partial charge in [-0.2, -0.15) is 0 Å². The Kier molecular flexibility index (Phi) is 4.34. The average molecular weight is 234 g/mol. The lowest BCUT2D eigenvalue weighted by Gasteiger charge is -2.41. The zero-order chi connectivity index (χ0) is 12.1. The van der Waals surface area contributed by atoms with Crippen LogP contribution in [0.5, 0.6) is 0 Å². The van der Waals surface area contributed by atoms with Crippen LogP contribution in [0.3, 0.4) is 0 Å². The van der Waals surface area contributed by atoms with E-state index in [-0.39, 0.29) is 0 Å². The van der Waals surface area contributed by atoms with E-state index < -0.39 is 0 Å². The van der Waals surface area contributed by atoms with Crippen LogP contribution in [0.15, 0.2) is 24.5 Å². The number of hydrogen-bond donors (Lipinski definition) is 0. The maximum atomic E-state index is 3.90. The highest BCUT2D eigenvalue weighted by molar-refractivity contribution is 5.42. The van der Waals surface area contributed by atoms with Crippen molar-refractivity contribution in [2.24, 2.45) is 0 Å². The Balaban J connectivity index is 0.000000127. The minimum Gasteiger partial charge on any atom is -0.378 e. The lowest BCUT2D eigenvalue weighted by atomic mass is 10.2. The van der Waals surface area contributed by atoms with Gasteiger partial charge in [0.25, 0.3) is 0 Å². The molecule has 1 aromatic rings. The maximum absolute atomic E-state index is 3.90. The van der Waals surface area contributed by atoms with Gasteiger partial charge < -0.3 is 4.90 Å². The van der Waals surface area contributed by atoms with Crippen LogP contribution in [-0.2, 0) is 0 Å². The van der Waals surface area contributed by atoms with E-state index in [1.165, 1.54) is 45.0 Å². The second-order valence-corrected chi connectivity index (χ2v) is 4.78. The van der Waals surface area contributed by atoms with E-state index in [2.05, 4.69) is 14.8 Å². The average Bonchev–Trinajstić information content (AvgIpc) is 2.43. The Morgan fingerprint density at radius 2 is 1.29 bits per heavy atom. The van der Waals surface area contributed by atoms with E-state index in [1.807, 2.05) is 31.1 Å². The quantitative estimate of drug-likeness (QED) is 0.715. The predicted molar refractivity (Wildman–Crippen MR) is 71.4 cm³/mol. The number of fused-ring (bicyclic) bond motifs is 3. The number of pyridine rings is 1. The summed E-state index contributed by atoms with van der Waals surface area (Å²) in [6.45, 7) is 7.92. The SMILES string of the molecule is C1CN2CCN1CC2.CN(C)c1ccncc1. The molecule has 4 heterocycles. The second-order valence-electron chi connectivity index (χ2n) is 4.78. The van der Waals surface area contributed by atoms with Gasteiger partial charge >= 0.3 is 0 Å². The summed E-state index contributed by atoms with van der Waals surface area (Å²) >= 11 is 0. The highest BCUT2D eigenvalue weighted by Gasteiger charge is 2.21. The molecule has 3 aliphatic rings. The zero-order valence-electron chi connectivity index (χ0n) is 10.8. The molecule has 0 spiro atoms. The van der Waals surface area contributed by atoms with Crippen LogP contribution in [0.1, 0.15) is 0 Å². The normalized spacial score (nSPS) is 26.0. The summed E-state index contributed by atoms with van der Waals surface area (Å²) in [5.74, 6) is 0. The fraction of sp³-hybridized carbons (Fsp3) is 0.615. The van der Waals surface area contributed by atoms with E-state index in [0.717, 1.165) is 0 Å². The van der Waals surface area contributed by atoms with Gasteiger partial charge in [0, 0.05) is 71.4 Å². The fourth-order valence-electron chi connectivity index (χ4n) is 2.16. The summed E-state index contributed by atoms with van der Waals surface area (Å²) in [6.07, 6.45) is 3.57. The van der Waals surface area contributed by atoms with Gasteiger partial charge in [0.05, 0.1) is 0 Å². The van der Waals surface area contributed by atoms with Crippen molar-refractivity contribution in [3.63, 3.8) is 0 Å². The summed E-state index contributed by atoms with van der Waals surface area (Å²) in [4.78, 5) is 11.0. The summed E-state index contributed by atoms with van der Waals surface area (Å²) < 4.78 is 0. The van der Waals surface area contributed by atoms with Crippen molar-refractivity contribution in [2.45, 2.75) is 0 Å². The van der Waals surface area contributed by atoms with E-state index >= 15 is 0 Å². The van der Waals surface area contributed by atoms with Crippen LogP contribution >= 0.6 is 0 Å². The highest BCUT2D eigenvalue weighted by atomic mass is 15.3. The lowest BCUT2D eigenvalue weighted by Crippen LogP contribution is -2.55. The smallest absolute Gasteiger partial charge is 0.0391 e. The van der Waals surface area contributed by atoms with Crippen LogP contribution in [0.25, 0.3) is 0 Å². The molecule has 3 fully saturated rings. The summed E-state index contributed by atoms with van der Waals surface area (Å²) in [5, 5.41) is 0. The molecular formula is C13H22N4. The monoisotopic (exact) mass is 234 g/mol. The first-order valence-electron chi connectivity index (χ1n) is 6.28. The summed E-state index contributed by atoms with van der Waals surface area (Å²) in [7, 11) is 4.02. The molecule has 3 aliphatic heterocycles. The first kappa shape index (κ1) is 12.3. The number of piperazine rings is 3. The van der Waals surface area contributed by atoms with Crippen molar-refractivity contribution >= 4 is 5.69 Å². The number of hydrogen-bond acceptors (Lipinski definition) is 4. The van der Waals surface area contributed by atoms with Crippen LogP contribution in [-0.4, -0.2) is 68.1 Å². The molecule has 0 amide bonds. The van der Waals surface area contributed by atoms with Crippen molar-refractivity contribution in [3.05, 3.63) is 24.5 Å². The van der Waals surface area contributed by atoms with Crippen molar-refractivity contribution in [3.8, 4) is 0 Å². The molecule has 0 N–H and O–H groups in total. The van der Waals surface area contributed by atoms with Crippen molar-refractivity contribution in [2.75, 3.05) is 58.3 Å². The molecule has 0 aromatic carbocycles. The molecule has 0 saturated carbocycles. The number of anilines is 1. The van der Waals surface area contributed by atoms with E-state index in [9.17, 15) is 0 Å². The van der Waals surface area contributed by atoms with Crippen molar-refractivity contribution < 1.29 is 0 Å². The van der Waals surface area contributed by atoms with Gasteiger partial charge in [0.15, 0.2) is 0 Å². The molecule has 4 rings (SSSR count). The number of aromatic nitrogens is 1. The van der Waals surface area contributed by atoms with Gasteiger partial charge in [0.2, 0.25) is 0 Å². The molecule has 0 aliphatic carbocycles. The van der Waals surface area contributed by atoms with E-state index in [0.29, 0.717) is 0 Å². The molecule has 4 nitrogen and oxygen atoms in total. The Labute approximate surface area is 104 Å². The summed E-state index contributed by atoms with van der Waals surface area (Å²) in [5.41, 5.74) is 1.19. The Morgan fingerprint density at radius 3 is 1.53 bits per heavy atom. The first-order chi connectivity index (χ1) is 8.25. The zero-order valence-corrected chi connectivity index (χ0v) is 10.8. The van der Waals surface area contributed by atoms with Gasteiger partial charge in [0.1, 0.15) is 0 Å². The minimum atomic E-state index is 1.19. The predicted octanol–water partition coefficient (Wildman–Crippen LogP) is 0.765. The Morgan fingerprint density at radius 1 is 0.882 bits per heavy atom. The van der Waals surface area contributed by atoms with Gasteiger partial charge in [-0.1, -0.05) is 0 Å². The van der Waals surface area contributed by atoms with Crippen molar-refractivity contribution in [1.29, 1.82) is 0 Å². The fourth-order valence-corrected chi connectivity index (χ4v) is 2.16. The third-order valence-electron chi connectivity index (χ3n) is 3.38. The molecule has 17 heavy (non-hydrogen) atoms. The van der Waals surface area contributed by atoms with E-state index in [1.54, 1.807) is 12.4 Å². The highest BCUT2D eigenvalue weighted by Crippen LogP contribution is 2.07. The second kappa shape index (κ2) is 5.98. The first-order valence-corrected chi connectivity index (χ1v) is 6.28. The molecule has 0 unspecified atom stereocenters. The third-order valence-corrected chi connectivity index (χ3v) is 3.38. The van der Waals surface area contributed by atoms with Gasteiger partial charge in [-0.25, -0.2) is 0 Å². The number of rotatable bonds is 1. The molecule has 3 saturated heterocycles. The van der Waals surface area contributed by atoms with Gasteiger partial charge in [-0.15, -0.1) is 0 Å². The van der Waals surface area contributed by atoms with Crippen LogP contribution in [0, 0.1) is 0 Å². The van der Waals surface area contributed by atoms with Crippen LogP contribution in [0.2, 0.25) is 0 Å². The van der Waals surface area contributed by atoms with Gasteiger partial charge in [-0.3, -0.25) is 14.8 Å². The van der Waals surface area contributed by atoms with E-state index in [4.69, 9.17) is 0 Å². The molecular weight excluding hydrogens is 212 g/mol. The molecule has 0 radical (unpaired) electrons. The molecule has 4 heteroatoms. The van der Waals surface area contributed by atoms with Gasteiger partial charge in [-0.05, 0) is 12.1 Å². The lowest BCUT2D eigenvalue weighted by molar-refractivity contribution is 0.0647. The van der Waals surface area contributed by atoms with Crippen LogP contribution < -0.4 is 4.90 Å².